The summed E-state index contributed by atoms with van der Waals surface area (Å²) >= 11 is 0. The zero-order valence-corrected chi connectivity index (χ0v) is 43.2. The van der Waals surface area contributed by atoms with Crippen LogP contribution < -0.4 is 21.1 Å². The van der Waals surface area contributed by atoms with Crippen LogP contribution in [0.2, 0.25) is 0 Å². The number of ether oxygens (including phenoxy) is 1. The Labute approximate surface area is 452 Å². The number of nitriles is 1. The first kappa shape index (κ1) is 42.9. The minimum absolute atomic E-state index is 0.106. The van der Waals surface area contributed by atoms with E-state index < -0.39 is 0 Å². The van der Waals surface area contributed by atoms with Gasteiger partial charge in [-0.15, -0.1) is 0 Å². The van der Waals surface area contributed by atoms with Gasteiger partial charge in [-0.05, 0) is 142 Å². The highest BCUT2D eigenvalue weighted by Crippen LogP contribution is 2.48. The lowest BCUT2D eigenvalue weighted by Gasteiger charge is -2.34. The summed E-state index contributed by atoms with van der Waals surface area (Å²) in [6.07, 6.45) is 0. The molecule has 7 nitrogen and oxygen atoms in total. The molecule has 18 rings (SSSR count). The minimum atomic E-state index is -0.188. The molecule has 0 fully saturated rings. The molecule has 8 heteroatoms. The van der Waals surface area contributed by atoms with E-state index in [-0.39, 0.29) is 12.1 Å². The second-order valence-electron chi connectivity index (χ2n) is 22.7. The van der Waals surface area contributed by atoms with Gasteiger partial charge in [-0.1, -0.05) is 124 Å². The normalized spacial score (nSPS) is 13.1. The zero-order chi connectivity index (χ0) is 52.2. The SMILES string of the molecule is CC(C)(C)c1ccc2c(c1)Oc1cc(-c3ccc(C#N)cc3)cc3c1B2c1cc2c4cc(-n5c6ccccc6c6ccccc65)ccc4oc2c2c4c5oc6ccc(-n7c8ccccc8c8ccccc87)cc6c5ccc4n-3c12. The van der Waals surface area contributed by atoms with Crippen LogP contribution in [0.5, 0.6) is 11.5 Å². The number of benzene rings is 11. The highest BCUT2D eigenvalue weighted by atomic mass is 16.5. The predicted octanol–water partition coefficient (Wildman–Crippen LogP) is 16.5. The van der Waals surface area contributed by atoms with Gasteiger partial charge in [0.05, 0.1) is 55.5 Å². The van der Waals surface area contributed by atoms with Gasteiger partial charge in [0.15, 0.2) is 0 Å². The smallest absolute Gasteiger partial charge is 0.256 e. The molecule has 11 aromatic carbocycles. The first-order chi connectivity index (χ1) is 38.8. The first-order valence-corrected chi connectivity index (χ1v) is 27.1. The minimum Gasteiger partial charge on any atom is -0.458 e. The fourth-order valence-corrected chi connectivity index (χ4v) is 13.9. The van der Waals surface area contributed by atoms with Crippen LogP contribution in [0, 0.1) is 11.3 Å². The van der Waals surface area contributed by atoms with Gasteiger partial charge in [-0.3, -0.25) is 0 Å². The van der Waals surface area contributed by atoms with Crippen LogP contribution in [-0.4, -0.2) is 20.4 Å². The maximum Gasteiger partial charge on any atom is 0.256 e. The fraction of sp³-hybridized carbons (Fsp3) is 0.0563. The van der Waals surface area contributed by atoms with Gasteiger partial charge in [0.1, 0.15) is 33.8 Å². The molecule has 0 bridgehead atoms. The van der Waals surface area contributed by atoms with Gasteiger partial charge in [0, 0.05) is 60.2 Å². The standard InChI is InChI=1S/C71H43BN4O3/c1-71(2,3)42-24-28-53-63(34-42)77-64-33-41(40-22-20-39(38-73)21-23-40)32-60-67(64)72(53)54-37-52-51-36-44(75-57-18-10-6-14-47(57)48-15-7-11-19-58(48)75)26-31-62(51)79-70(52)66-65-59(76(60)68(54)66)29-27-49-50-35-43(25-30-61(50)78-69(49)65)74-55-16-8-4-12-45(55)46-13-5-9-17-56(46)74/h4-37H,1-3H3. The molecule has 2 aliphatic heterocycles. The molecule has 0 atom stereocenters. The van der Waals surface area contributed by atoms with E-state index in [4.69, 9.17) is 13.6 Å². The Morgan fingerprint density at radius 2 is 1.00 bits per heavy atom. The molecule has 0 radical (unpaired) electrons. The summed E-state index contributed by atoms with van der Waals surface area (Å²) in [5, 5.41) is 20.9. The van der Waals surface area contributed by atoms with Crippen molar-refractivity contribution in [3.05, 3.63) is 217 Å². The van der Waals surface area contributed by atoms with Crippen molar-refractivity contribution in [1.82, 2.24) is 13.7 Å². The number of fused-ring (bicyclic) bond motifs is 21. The summed E-state index contributed by atoms with van der Waals surface area (Å²) in [4.78, 5) is 0. The number of aromatic nitrogens is 3. The fourth-order valence-electron chi connectivity index (χ4n) is 13.9. The summed E-state index contributed by atoms with van der Waals surface area (Å²) in [5.74, 6) is 1.67. The maximum absolute atomic E-state index is 9.82. The summed E-state index contributed by atoms with van der Waals surface area (Å²) in [6.45, 7) is 6.58. The van der Waals surface area contributed by atoms with E-state index in [9.17, 15) is 5.26 Å². The van der Waals surface area contributed by atoms with Crippen molar-refractivity contribution in [3.8, 4) is 45.8 Å². The third-order valence-electron chi connectivity index (χ3n) is 17.5. The van der Waals surface area contributed by atoms with E-state index in [0.717, 1.165) is 138 Å². The van der Waals surface area contributed by atoms with Crippen LogP contribution in [0.25, 0.3) is 137 Å². The van der Waals surface area contributed by atoms with Gasteiger partial charge >= 0.3 is 0 Å². The molecule has 79 heavy (non-hydrogen) atoms. The van der Waals surface area contributed by atoms with Crippen LogP contribution in [0.1, 0.15) is 31.9 Å². The lowest BCUT2D eigenvalue weighted by atomic mass is 9.34. The molecule has 0 spiro atoms. The van der Waals surface area contributed by atoms with Crippen LogP contribution in [0.3, 0.4) is 0 Å². The number of para-hydroxylation sites is 4. The van der Waals surface area contributed by atoms with Crippen molar-refractivity contribution in [3.63, 3.8) is 0 Å². The Morgan fingerprint density at radius 1 is 0.430 bits per heavy atom. The third kappa shape index (κ3) is 5.65. The second kappa shape index (κ2) is 15.0. The Balaban J connectivity index is 0.978. The summed E-state index contributed by atoms with van der Waals surface area (Å²) < 4.78 is 29.1. The molecule has 0 saturated heterocycles. The van der Waals surface area contributed by atoms with Crippen LogP contribution in [-0.2, 0) is 5.41 Å². The number of hydrogen-bond acceptors (Lipinski definition) is 4. The summed E-state index contributed by atoms with van der Waals surface area (Å²) in [7, 11) is 0. The van der Waals surface area contributed by atoms with Crippen LogP contribution in [0.4, 0.5) is 0 Å². The molecule has 368 valence electrons. The van der Waals surface area contributed by atoms with E-state index in [1.54, 1.807) is 0 Å². The topological polar surface area (TPSA) is 74.1 Å². The highest BCUT2D eigenvalue weighted by molar-refractivity contribution is 6.99. The van der Waals surface area contributed by atoms with E-state index >= 15 is 0 Å². The molecule has 5 aromatic heterocycles. The second-order valence-corrected chi connectivity index (χ2v) is 22.7. The van der Waals surface area contributed by atoms with Crippen molar-refractivity contribution in [1.29, 1.82) is 5.26 Å². The van der Waals surface area contributed by atoms with Gasteiger partial charge in [-0.2, -0.15) is 5.26 Å². The summed E-state index contributed by atoms with van der Waals surface area (Å²) in [5.41, 5.74) is 20.3. The van der Waals surface area contributed by atoms with Crippen molar-refractivity contribution in [2.45, 2.75) is 26.2 Å². The van der Waals surface area contributed by atoms with Crippen molar-refractivity contribution < 1.29 is 13.6 Å². The lowest BCUT2D eigenvalue weighted by Crippen LogP contribution is -2.58. The number of nitrogens with zero attached hydrogens (tertiary/aromatic N) is 4. The maximum atomic E-state index is 9.82. The zero-order valence-electron chi connectivity index (χ0n) is 43.2. The molecule has 0 saturated carbocycles. The molecule has 0 N–H and O–H groups in total. The van der Waals surface area contributed by atoms with Crippen LogP contribution >= 0.6 is 0 Å². The van der Waals surface area contributed by atoms with Crippen molar-refractivity contribution in [2.24, 2.45) is 0 Å². The average Bonchev–Trinajstić information content (AvgIpc) is 2.72. The molecular formula is C71H43BN4O3. The first-order valence-electron chi connectivity index (χ1n) is 27.1. The highest BCUT2D eigenvalue weighted by Gasteiger charge is 2.43. The largest absolute Gasteiger partial charge is 0.458 e. The molecule has 16 aromatic rings. The Kier molecular flexibility index (Phi) is 8.17. The summed E-state index contributed by atoms with van der Waals surface area (Å²) in [6, 6.07) is 76.5. The number of rotatable bonds is 3. The Bertz CT molecular complexity index is 5370. The molecule has 0 unspecified atom stereocenters. The van der Waals surface area contributed by atoms with E-state index in [1.807, 2.05) is 24.3 Å². The van der Waals surface area contributed by atoms with Gasteiger partial charge in [0.25, 0.3) is 6.71 Å². The molecular weight excluding hydrogens is 968 g/mol. The van der Waals surface area contributed by atoms with Crippen LogP contribution in [0.15, 0.2) is 215 Å². The Morgan fingerprint density at radius 3 is 1.58 bits per heavy atom. The van der Waals surface area contributed by atoms with E-state index in [1.165, 1.54) is 32.6 Å². The van der Waals surface area contributed by atoms with Gasteiger partial charge in [0.2, 0.25) is 0 Å². The molecule has 2 aliphatic rings. The predicted molar refractivity (Wildman–Crippen MR) is 324 cm³/mol. The quantitative estimate of drug-likeness (QED) is 0.165. The lowest BCUT2D eigenvalue weighted by molar-refractivity contribution is 0.483. The van der Waals surface area contributed by atoms with E-state index in [2.05, 4.69) is 223 Å². The van der Waals surface area contributed by atoms with Crippen molar-refractivity contribution >= 4 is 132 Å². The van der Waals surface area contributed by atoms with Gasteiger partial charge < -0.3 is 27.3 Å². The molecule has 0 aliphatic carbocycles. The molecule has 7 heterocycles. The van der Waals surface area contributed by atoms with Gasteiger partial charge in [-0.25, -0.2) is 0 Å². The average molecular weight is 1010 g/mol. The monoisotopic (exact) mass is 1010 g/mol. The number of furan rings is 2. The molecule has 0 amide bonds. The Hall–Kier alpha value is -10.2. The van der Waals surface area contributed by atoms with Crippen molar-refractivity contribution in [2.75, 3.05) is 0 Å². The van der Waals surface area contributed by atoms with E-state index in [0.29, 0.717) is 5.56 Å². The number of hydrogen-bond donors (Lipinski definition) is 0. The third-order valence-corrected chi connectivity index (χ3v) is 17.5.